The Hall–Kier alpha value is -1.57. The van der Waals surface area contributed by atoms with Crippen molar-refractivity contribution in [3.05, 3.63) is 77.4 Å². The van der Waals surface area contributed by atoms with Gasteiger partial charge in [0.2, 0.25) is 0 Å². The molecule has 1 saturated carbocycles. The lowest BCUT2D eigenvalue weighted by Crippen LogP contribution is -1.93. The van der Waals surface area contributed by atoms with Crippen LogP contribution in [0.2, 0.25) is 0 Å². The number of halogens is 2. The van der Waals surface area contributed by atoms with Gasteiger partial charge in [-0.1, -0.05) is 60.7 Å². The van der Waals surface area contributed by atoms with Crippen molar-refractivity contribution in [1.82, 2.24) is 0 Å². The van der Waals surface area contributed by atoms with Gasteiger partial charge in [0.1, 0.15) is 4.33 Å². The number of carbonyl (C=O) groups excluding carboxylic acids is 1. The van der Waals surface area contributed by atoms with E-state index in [0.717, 1.165) is 17.5 Å². The van der Waals surface area contributed by atoms with E-state index in [1.54, 1.807) is 6.08 Å². The van der Waals surface area contributed by atoms with E-state index in [-0.39, 0.29) is 11.7 Å². The zero-order chi connectivity index (χ0) is 14.9. The van der Waals surface area contributed by atoms with Crippen LogP contribution >= 0.6 is 23.2 Å². The Labute approximate surface area is 134 Å². The Morgan fingerprint density at radius 2 is 1.67 bits per heavy atom. The standard InChI is InChI=1S/C18H14Cl2O/c19-18(20)12-16(18)14-9-6-13(7-10-14)8-11-17(21)15-4-2-1-3-5-15/h1-11,16H,12H2/b11-8+/t16-/m0/s1. The largest absolute Gasteiger partial charge is 0.289 e. The van der Waals surface area contributed by atoms with E-state index in [4.69, 9.17) is 23.2 Å². The summed E-state index contributed by atoms with van der Waals surface area (Å²) in [7, 11) is 0. The molecule has 0 spiro atoms. The van der Waals surface area contributed by atoms with E-state index < -0.39 is 4.33 Å². The van der Waals surface area contributed by atoms with Crippen molar-refractivity contribution in [2.45, 2.75) is 16.7 Å². The number of hydrogen-bond donors (Lipinski definition) is 0. The maximum absolute atomic E-state index is 12.0. The third kappa shape index (κ3) is 3.37. The molecule has 1 aliphatic rings. The van der Waals surface area contributed by atoms with Crippen LogP contribution in [0, 0.1) is 0 Å². The molecular weight excluding hydrogens is 303 g/mol. The zero-order valence-corrected chi connectivity index (χ0v) is 12.8. The smallest absolute Gasteiger partial charge is 0.185 e. The minimum absolute atomic E-state index is 0.00222. The SMILES string of the molecule is O=C(/C=C/c1ccc([C@@H]2CC2(Cl)Cl)cc1)c1ccccc1. The van der Waals surface area contributed by atoms with Crippen molar-refractivity contribution in [3.63, 3.8) is 0 Å². The predicted octanol–water partition coefficient (Wildman–Crippen LogP) is 5.24. The second-order valence-electron chi connectivity index (χ2n) is 5.25. The molecule has 0 aliphatic heterocycles. The van der Waals surface area contributed by atoms with E-state index in [2.05, 4.69) is 0 Å². The van der Waals surface area contributed by atoms with Gasteiger partial charge in [-0.25, -0.2) is 0 Å². The molecule has 2 aromatic rings. The molecule has 0 heterocycles. The van der Waals surface area contributed by atoms with Crippen LogP contribution in [-0.4, -0.2) is 10.1 Å². The topological polar surface area (TPSA) is 17.1 Å². The second kappa shape index (κ2) is 5.67. The first-order valence-electron chi connectivity index (χ1n) is 6.81. The summed E-state index contributed by atoms with van der Waals surface area (Å²) in [5, 5.41) is 0. The first kappa shape index (κ1) is 14.4. The molecule has 1 nitrogen and oxygen atoms in total. The number of allylic oxidation sites excluding steroid dienone is 1. The molecule has 1 aliphatic carbocycles. The Balaban J connectivity index is 1.68. The highest BCUT2D eigenvalue weighted by molar-refractivity contribution is 6.51. The van der Waals surface area contributed by atoms with Crippen LogP contribution in [0.25, 0.3) is 6.08 Å². The minimum Gasteiger partial charge on any atom is -0.289 e. The molecule has 1 atom stereocenters. The molecule has 0 unspecified atom stereocenters. The minimum atomic E-state index is -0.597. The fourth-order valence-corrected chi connectivity index (χ4v) is 2.85. The van der Waals surface area contributed by atoms with Gasteiger partial charge in [-0.15, -0.1) is 23.2 Å². The molecular formula is C18H14Cl2O. The second-order valence-corrected chi connectivity index (χ2v) is 6.79. The van der Waals surface area contributed by atoms with Gasteiger partial charge in [0.15, 0.2) is 5.78 Å². The molecule has 106 valence electrons. The molecule has 3 heteroatoms. The molecule has 3 rings (SSSR count). The van der Waals surface area contributed by atoms with Gasteiger partial charge in [0.25, 0.3) is 0 Å². The van der Waals surface area contributed by atoms with E-state index in [1.165, 1.54) is 0 Å². The van der Waals surface area contributed by atoms with E-state index in [0.29, 0.717) is 5.56 Å². The highest BCUT2D eigenvalue weighted by Crippen LogP contribution is 2.59. The van der Waals surface area contributed by atoms with Gasteiger partial charge in [-0.2, -0.15) is 0 Å². The van der Waals surface area contributed by atoms with E-state index in [1.807, 2.05) is 60.7 Å². The molecule has 0 aromatic heterocycles. The predicted molar refractivity (Wildman–Crippen MR) is 88.0 cm³/mol. The van der Waals surface area contributed by atoms with Crippen LogP contribution in [0.15, 0.2) is 60.7 Å². The number of benzene rings is 2. The molecule has 0 bridgehead atoms. The van der Waals surface area contributed by atoms with Crippen molar-refractivity contribution < 1.29 is 4.79 Å². The fraction of sp³-hybridized carbons (Fsp3) is 0.167. The lowest BCUT2D eigenvalue weighted by molar-refractivity contribution is 0.104. The maximum atomic E-state index is 12.0. The number of ketones is 1. The van der Waals surface area contributed by atoms with Crippen LogP contribution in [-0.2, 0) is 0 Å². The van der Waals surface area contributed by atoms with Crippen LogP contribution in [0.1, 0.15) is 33.8 Å². The monoisotopic (exact) mass is 316 g/mol. The number of alkyl halides is 2. The molecule has 1 fully saturated rings. The van der Waals surface area contributed by atoms with Gasteiger partial charge in [0.05, 0.1) is 0 Å². The molecule has 0 N–H and O–H groups in total. The van der Waals surface area contributed by atoms with Gasteiger partial charge in [-0.05, 0) is 23.6 Å². The van der Waals surface area contributed by atoms with Crippen molar-refractivity contribution in [3.8, 4) is 0 Å². The van der Waals surface area contributed by atoms with Gasteiger partial charge in [0, 0.05) is 11.5 Å². The highest BCUT2D eigenvalue weighted by atomic mass is 35.5. The van der Waals surface area contributed by atoms with Crippen LogP contribution in [0.5, 0.6) is 0 Å². The van der Waals surface area contributed by atoms with E-state index in [9.17, 15) is 4.79 Å². The number of rotatable bonds is 4. The fourth-order valence-electron chi connectivity index (χ4n) is 2.28. The summed E-state index contributed by atoms with van der Waals surface area (Å²) in [6.45, 7) is 0. The highest BCUT2D eigenvalue weighted by Gasteiger charge is 2.52. The van der Waals surface area contributed by atoms with Crippen molar-refractivity contribution >= 4 is 35.1 Å². The Bertz CT molecular complexity index is 672. The quantitative estimate of drug-likeness (QED) is 0.428. The molecule has 0 amide bonds. The van der Waals surface area contributed by atoms with Gasteiger partial charge < -0.3 is 0 Å². The molecule has 0 saturated heterocycles. The summed E-state index contributed by atoms with van der Waals surface area (Å²) in [6, 6.07) is 17.2. The van der Waals surface area contributed by atoms with Crippen LogP contribution in [0.4, 0.5) is 0 Å². The van der Waals surface area contributed by atoms with Crippen molar-refractivity contribution in [2.75, 3.05) is 0 Å². The third-order valence-corrected chi connectivity index (χ3v) is 4.49. The lowest BCUT2D eigenvalue weighted by Gasteiger charge is -2.01. The normalized spacial score (nSPS) is 19.6. The average Bonchev–Trinajstić information content (AvgIpc) is 3.15. The van der Waals surface area contributed by atoms with Gasteiger partial charge in [-0.3, -0.25) is 4.79 Å². The number of carbonyl (C=O) groups is 1. The Morgan fingerprint density at radius 1 is 1.05 bits per heavy atom. The molecule has 0 radical (unpaired) electrons. The summed E-state index contributed by atoms with van der Waals surface area (Å²) >= 11 is 12.1. The third-order valence-electron chi connectivity index (χ3n) is 3.65. The van der Waals surface area contributed by atoms with Crippen LogP contribution < -0.4 is 0 Å². The Morgan fingerprint density at radius 3 is 2.24 bits per heavy atom. The van der Waals surface area contributed by atoms with Crippen molar-refractivity contribution in [2.24, 2.45) is 0 Å². The average molecular weight is 317 g/mol. The zero-order valence-electron chi connectivity index (χ0n) is 11.3. The van der Waals surface area contributed by atoms with Crippen molar-refractivity contribution in [1.29, 1.82) is 0 Å². The summed E-state index contributed by atoms with van der Waals surface area (Å²) < 4.78 is -0.597. The molecule has 21 heavy (non-hydrogen) atoms. The summed E-state index contributed by atoms with van der Waals surface area (Å²) in [4.78, 5) is 12.0. The summed E-state index contributed by atoms with van der Waals surface area (Å²) in [6.07, 6.45) is 4.22. The summed E-state index contributed by atoms with van der Waals surface area (Å²) in [5.74, 6) is 0.229. The number of hydrogen-bond acceptors (Lipinski definition) is 1. The van der Waals surface area contributed by atoms with Gasteiger partial charge >= 0.3 is 0 Å². The molecule has 2 aromatic carbocycles. The maximum Gasteiger partial charge on any atom is 0.185 e. The first-order valence-corrected chi connectivity index (χ1v) is 7.57. The van der Waals surface area contributed by atoms with Crippen LogP contribution in [0.3, 0.4) is 0 Å². The first-order chi connectivity index (χ1) is 10.1. The summed E-state index contributed by atoms with van der Waals surface area (Å²) in [5.41, 5.74) is 2.82. The van der Waals surface area contributed by atoms with E-state index >= 15 is 0 Å². The lowest BCUT2D eigenvalue weighted by atomic mass is 10.1. The Kier molecular flexibility index (Phi) is 3.88.